The fourth-order valence-electron chi connectivity index (χ4n) is 3.09. The highest BCUT2D eigenvalue weighted by Gasteiger charge is 2.23. The summed E-state index contributed by atoms with van der Waals surface area (Å²) in [5, 5.41) is 9.61. The monoisotopic (exact) mass is 428 g/mol. The predicted molar refractivity (Wildman–Crippen MR) is 108 cm³/mol. The van der Waals surface area contributed by atoms with E-state index in [-0.39, 0.29) is 0 Å². The van der Waals surface area contributed by atoms with Crippen molar-refractivity contribution in [2.24, 2.45) is 5.16 Å². The average molecular weight is 430 g/mol. The van der Waals surface area contributed by atoms with Gasteiger partial charge in [0.25, 0.3) is 0 Å². The smallest absolute Gasteiger partial charge is 0.297 e. The highest BCUT2D eigenvalue weighted by atomic mass is 79.9. The van der Waals surface area contributed by atoms with Crippen molar-refractivity contribution in [1.82, 2.24) is 0 Å². The van der Waals surface area contributed by atoms with Crippen LogP contribution >= 0.6 is 27.5 Å². The van der Waals surface area contributed by atoms with Gasteiger partial charge in [-0.05, 0) is 75.4 Å². The molecule has 0 saturated carbocycles. The third kappa shape index (κ3) is 3.32. The lowest BCUT2D eigenvalue weighted by atomic mass is 10.0. The molecule has 4 nitrogen and oxygen atoms in total. The number of carbonyl (C=O) groups excluding carboxylic acids is 1. The second-order valence-electron chi connectivity index (χ2n) is 5.99. The van der Waals surface area contributed by atoms with Crippen LogP contribution in [-0.2, 0) is 11.3 Å². The van der Waals surface area contributed by atoms with Gasteiger partial charge in [-0.2, -0.15) is 0 Å². The van der Waals surface area contributed by atoms with Crippen molar-refractivity contribution in [2.45, 2.75) is 12.8 Å². The molecule has 26 heavy (non-hydrogen) atoms. The number of nitrogens with one attached hydrogen (secondary N) is 1. The Kier molecular flexibility index (Phi) is 4.66. The van der Waals surface area contributed by atoms with Gasteiger partial charge in [0, 0.05) is 20.7 Å². The van der Waals surface area contributed by atoms with Crippen LogP contribution in [0.25, 0.3) is 10.8 Å². The topological polar surface area (TPSA) is 50.7 Å². The van der Waals surface area contributed by atoms with Gasteiger partial charge in [0.1, 0.15) is 0 Å². The number of halogens is 2. The molecule has 0 spiro atoms. The van der Waals surface area contributed by atoms with E-state index < -0.39 is 6.09 Å². The Morgan fingerprint density at radius 2 is 1.88 bits per heavy atom. The molecule has 0 fully saturated rings. The molecule has 0 radical (unpaired) electrons. The van der Waals surface area contributed by atoms with Gasteiger partial charge >= 0.3 is 6.09 Å². The lowest BCUT2D eigenvalue weighted by molar-refractivity contribution is 0.166. The maximum atomic E-state index is 12.0. The number of hydrogen-bond donors (Lipinski definition) is 1. The van der Waals surface area contributed by atoms with Gasteiger partial charge in [-0.15, -0.1) is 0 Å². The van der Waals surface area contributed by atoms with Gasteiger partial charge in [0.05, 0.1) is 5.71 Å². The summed E-state index contributed by atoms with van der Waals surface area (Å²) in [7, 11) is 0. The first kappa shape index (κ1) is 17.1. The normalized spacial score (nSPS) is 14.5. The Bertz CT molecular complexity index is 1030. The standard InChI is InChI=1S/C20H14BrClN2O2/c21-19-15-4-2-1-3-12(15)11-17-16(19)9-10-18(17)24-26-20(25)23-14-7-5-13(22)6-8-14/h1-8,11H,9-10H2,(H,23,25). The molecule has 6 heteroatoms. The number of fused-ring (bicyclic) bond motifs is 2. The SMILES string of the molecule is O=C(Nc1ccc(Cl)cc1)ON=C1CCc2c1cc1ccccc1c2Br. The molecule has 3 aromatic rings. The van der Waals surface area contributed by atoms with Crippen molar-refractivity contribution in [3.8, 4) is 0 Å². The molecule has 130 valence electrons. The van der Waals surface area contributed by atoms with Crippen molar-refractivity contribution < 1.29 is 9.63 Å². The Hall–Kier alpha value is -2.37. The highest BCUT2D eigenvalue weighted by molar-refractivity contribution is 9.10. The summed E-state index contributed by atoms with van der Waals surface area (Å²) in [5.41, 5.74) is 3.59. The van der Waals surface area contributed by atoms with Crippen molar-refractivity contribution in [3.63, 3.8) is 0 Å². The third-order valence-corrected chi connectivity index (χ3v) is 5.50. The molecule has 0 aliphatic heterocycles. The molecular weight excluding hydrogens is 416 g/mol. The number of hydrogen-bond acceptors (Lipinski definition) is 3. The molecule has 1 aliphatic rings. The second-order valence-corrected chi connectivity index (χ2v) is 7.22. The molecule has 1 aliphatic carbocycles. The van der Waals surface area contributed by atoms with Crippen molar-refractivity contribution >= 4 is 55.8 Å². The second kappa shape index (κ2) is 7.09. The minimum Gasteiger partial charge on any atom is -0.297 e. The summed E-state index contributed by atoms with van der Waals surface area (Å²) in [6, 6.07) is 17.1. The first-order valence-electron chi connectivity index (χ1n) is 8.13. The number of nitrogens with zero attached hydrogens (tertiary/aromatic N) is 1. The molecule has 4 rings (SSSR count). The molecule has 0 unspecified atom stereocenters. The Balaban J connectivity index is 1.55. The summed E-state index contributed by atoms with van der Waals surface area (Å²) in [4.78, 5) is 17.0. The first-order chi connectivity index (χ1) is 12.6. The van der Waals surface area contributed by atoms with Crippen LogP contribution in [0.2, 0.25) is 5.02 Å². The van der Waals surface area contributed by atoms with Crippen LogP contribution in [0.15, 0.2) is 64.2 Å². The Morgan fingerprint density at radius 1 is 1.12 bits per heavy atom. The van der Waals surface area contributed by atoms with Crippen LogP contribution in [0.1, 0.15) is 17.5 Å². The zero-order chi connectivity index (χ0) is 18.1. The van der Waals surface area contributed by atoms with Gasteiger partial charge in [0.15, 0.2) is 0 Å². The minimum absolute atomic E-state index is 0.597. The number of benzene rings is 3. The van der Waals surface area contributed by atoms with Gasteiger partial charge in [-0.25, -0.2) is 4.79 Å². The molecule has 0 heterocycles. The molecule has 1 amide bonds. The summed E-state index contributed by atoms with van der Waals surface area (Å²) >= 11 is 9.53. The first-order valence-corrected chi connectivity index (χ1v) is 9.30. The maximum absolute atomic E-state index is 12.0. The fraction of sp³-hybridized carbons (Fsp3) is 0.100. The minimum atomic E-state index is -0.631. The Morgan fingerprint density at radius 3 is 2.69 bits per heavy atom. The van der Waals surface area contributed by atoms with Gasteiger partial charge in [-0.1, -0.05) is 41.0 Å². The van der Waals surface area contributed by atoms with E-state index >= 15 is 0 Å². The summed E-state index contributed by atoms with van der Waals surface area (Å²) in [6.45, 7) is 0. The van der Waals surface area contributed by atoms with Gasteiger partial charge in [0.2, 0.25) is 0 Å². The van der Waals surface area contributed by atoms with E-state index in [4.69, 9.17) is 16.4 Å². The predicted octanol–water partition coefficient (Wildman–Crippen LogP) is 6.15. The van der Waals surface area contributed by atoms with E-state index in [9.17, 15) is 4.79 Å². The summed E-state index contributed by atoms with van der Waals surface area (Å²) in [6.07, 6.45) is 0.966. The number of amides is 1. The van der Waals surface area contributed by atoms with E-state index in [1.165, 1.54) is 10.9 Å². The van der Waals surface area contributed by atoms with E-state index in [0.717, 1.165) is 34.0 Å². The van der Waals surface area contributed by atoms with E-state index in [1.54, 1.807) is 24.3 Å². The largest absolute Gasteiger partial charge is 0.437 e. The zero-order valence-corrected chi connectivity index (χ0v) is 16.0. The van der Waals surface area contributed by atoms with Crippen LogP contribution in [0.3, 0.4) is 0 Å². The molecule has 0 atom stereocenters. The third-order valence-electron chi connectivity index (χ3n) is 4.34. The molecule has 3 aromatic carbocycles. The maximum Gasteiger partial charge on any atom is 0.437 e. The van der Waals surface area contributed by atoms with E-state index in [0.29, 0.717) is 10.7 Å². The summed E-state index contributed by atoms with van der Waals surface area (Å²) < 4.78 is 1.08. The zero-order valence-electron chi connectivity index (χ0n) is 13.6. The number of rotatable bonds is 2. The number of oxime groups is 1. The van der Waals surface area contributed by atoms with Crippen molar-refractivity contribution in [1.29, 1.82) is 0 Å². The number of anilines is 1. The van der Waals surface area contributed by atoms with Crippen molar-refractivity contribution in [2.75, 3.05) is 5.32 Å². The van der Waals surface area contributed by atoms with Gasteiger partial charge < -0.3 is 0 Å². The number of carbonyl (C=O) groups is 1. The van der Waals surface area contributed by atoms with Crippen LogP contribution in [-0.4, -0.2) is 11.8 Å². The van der Waals surface area contributed by atoms with E-state index in [2.05, 4.69) is 44.6 Å². The van der Waals surface area contributed by atoms with E-state index in [1.807, 2.05) is 12.1 Å². The lowest BCUT2D eigenvalue weighted by Crippen LogP contribution is -2.12. The highest BCUT2D eigenvalue weighted by Crippen LogP contribution is 2.36. The summed E-state index contributed by atoms with van der Waals surface area (Å²) in [5.74, 6) is 0. The fourth-order valence-corrected chi connectivity index (χ4v) is 3.99. The van der Waals surface area contributed by atoms with Crippen molar-refractivity contribution in [3.05, 3.63) is 75.2 Å². The van der Waals surface area contributed by atoms with Crippen LogP contribution in [0, 0.1) is 0 Å². The Labute approximate surface area is 163 Å². The molecule has 0 bridgehead atoms. The molecule has 1 N–H and O–H groups in total. The average Bonchev–Trinajstić information content (AvgIpc) is 3.05. The van der Waals surface area contributed by atoms with Crippen LogP contribution in [0.4, 0.5) is 10.5 Å². The van der Waals surface area contributed by atoms with Crippen LogP contribution in [0.5, 0.6) is 0 Å². The molecule has 0 saturated heterocycles. The van der Waals surface area contributed by atoms with Gasteiger partial charge in [-0.3, -0.25) is 10.2 Å². The molecular formula is C20H14BrClN2O2. The quantitative estimate of drug-likeness (QED) is 0.392. The lowest BCUT2D eigenvalue weighted by Gasteiger charge is -2.08. The van der Waals surface area contributed by atoms with Crippen LogP contribution < -0.4 is 5.32 Å². The molecule has 0 aromatic heterocycles.